The molecule has 9 heteroatoms. The smallest absolute Gasteiger partial charge is 0.340 e. The number of Topliss-reactive ketones (excluding diaryl/α,β-unsaturated/α-hetero) is 1. The van der Waals surface area contributed by atoms with E-state index in [1.54, 1.807) is 24.3 Å². The Bertz CT molecular complexity index is 970. The van der Waals surface area contributed by atoms with Gasteiger partial charge in [0.2, 0.25) is 10.0 Å². The number of halogens is 1. The Labute approximate surface area is 168 Å². The minimum absolute atomic E-state index is 0.0243. The Morgan fingerprint density at radius 1 is 1.07 bits per heavy atom. The van der Waals surface area contributed by atoms with Crippen LogP contribution < -0.4 is 4.74 Å². The van der Waals surface area contributed by atoms with Gasteiger partial charge in [0.25, 0.3) is 0 Å². The second-order valence-electron chi connectivity index (χ2n) is 5.89. The van der Waals surface area contributed by atoms with E-state index in [2.05, 4.69) is 0 Å². The zero-order chi connectivity index (χ0) is 20.9. The maximum absolute atomic E-state index is 12.3. The maximum atomic E-state index is 12.3. The average Bonchev–Trinajstić information content (AvgIpc) is 2.66. The van der Waals surface area contributed by atoms with Gasteiger partial charge in [-0.25, -0.2) is 17.5 Å². The summed E-state index contributed by atoms with van der Waals surface area (Å²) in [5, 5.41) is 0.0243. The number of sulfonamides is 1. The predicted octanol–water partition coefficient (Wildman–Crippen LogP) is 3.03. The van der Waals surface area contributed by atoms with Crippen molar-refractivity contribution in [2.24, 2.45) is 0 Å². The third-order valence-electron chi connectivity index (χ3n) is 3.76. The number of carbonyl (C=O) groups excluding carboxylic acids is 2. The van der Waals surface area contributed by atoms with Crippen LogP contribution in [0.2, 0.25) is 5.02 Å². The van der Waals surface area contributed by atoms with Gasteiger partial charge in [0.1, 0.15) is 5.75 Å². The van der Waals surface area contributed by atoms with Crippen LogP contribution in [0.3, 0.4) is 0 Å². The second kappa shape index (κ2) is 9.18. The molecule has 2 aromatic rings. The molecule has 28 heavy (non-hydrogen) atoms. The highest BCUT2D eigenvalue weighted by Crippen LogP contribution is 2.23. The summed E-state index contributed by atoms with van der Waals surface area (Å²) in [5.41, 5.74) is 0.218. The molecule has 0 spiro atoms. The lowest BCUT2D eigenvalue weighted by atomic mass is 10.1. The topological polar surface area (TPSA) is 90.0 Å². The van der Waals surface area contributed by atoms with Gasteiger partial charge in [-0.3, -0.25) is 4.79 Å². The quantitative estimate of drug-likeness (QED) is 0.477. The van der Waals surface area contributed by atoms with E-state index in [0.717, 1.165) is 10.4 Å². The molecule has 0 amide bonds. The molecule has 0 N–H and O–H groups in total. The van der Waals surface area contributed by atoms with Crippen molar-refractivity contribution in [3.05, 3.63) is 58.6 Å². The molecule has 7 nitrogen and oxygen atoms in total. The van der Waals surface area contributed by atoms with Gasteiger partial charge in [0.15, 0.2) is 12.4 Å². The van der Waals surface area contributed by atoms with Crippen LogP contribution in [0.1, 0.15) is 27.6 Å². The highest BCUT2D eigenvalue weighted by molar-refractivity contribution is 7.89. The van der Waals surface area contributed by atoms with Crippen LogP contribution in [0.15, 0.2) is 47.4 Å². The number of hydrogen-bond acceptors (Lipinski definition) is 6. The number of esters is 1. The van der Waals surface area contributed by atoms with Crippen molar-refractivity contribution in [1.82, 2.24) is 4.31 Å². The summed E-state index contributed by atoms with van der Waals surface area (Å²) >= 11 is 5.99. The van der Waals surface area contributed by atoms with E-state index in [0.29, 0.717) is 17.9 Å². The Morgan fingerprint density at radius 2 is 1.71 bits per heavy atom. The fourth-order valence-corrected chi connectivity index (χ4v) is 3.35. The molecule has 2 aromatic carbocycles. The molecule has 0 unspecified atom stereocenters. The minimum Gasteiger partial charge on any atom is -0.494 e. The van der Waals surface area contributed by atoms with Crippen LogP contribution in [-0.4, -0.2) is 51.8 Å². The zero-order valence-corrected chi connectivity index (χ0v) is 17.2. The van der Waals surface area contributed by atoms with E-state index >= 15 is 0 Å². The molecular weight excluding hydrogens is 406 g/mol. The summed E-state index contributed by atoms with van der Waals surface area (Å²) in [5.74, 6) is -0.675. The molecule has 0 bridgehead atoms. The third-order valence-corrected chi connectivity index (χ3v) is 5.90. The van der Waals surface area contributed by atoms with Crippen molar-refractivity contribution in [2.45, 2.75) is 11.8 Å². The highest BCUT2D eigenvalue weighted by Gasteiger charge is 2.22. The Hall–Kier alpha value is -2.42. The van der Waals surface area contributed by atoms with Crippen molar-refractivity contribution in [3.8, 4) is 5.75 Å². The summed E-state index contributed by atoms with van der Waals surface area (Å²) in [6.45, 7) is 1.85. The lowest BCUT2D eigenvalue weighted by Crippen LogP contribution is -2.22. The van der Waals surface area contributed by atoms with Gasteiger partial charge in [0, 0.05) is 19.7 Å². The molecule has 0 fully saturated rings. The van der Waals surface area contributed by atoms with Gasteiger partial charge in [-0.2, -0.15) is 0 Å². The van der Waals surface area contributed by atoms with E-state index in [9.17, 15) is 18.0 Å². The van der Waals surface area contributed by atoms with Crippen LogP contribution >= 0.6 is 11.6 Å². The van der Waals surface area contributed by atoms with Gasteiger partial charge in [-0.05, 0) is 49.4 Å². The Balaban J connectivity index is 2.11. The molecule has 0 radical (unpaired) electrons. The van der Waals surface area contributed by atoms with Crippen LogP contribution in [0.4, 0.5) is 0 Å². The molecule has 0 aliphatic heterocycles. The van der Waals surface area contributed by atoms with E-state index in [1.165, 1.54) is 26.2 Å². The Morgan fingerprint density at radius 3 is 2.29 bits per heavy atom. The molecule has 0 aliphatic rings. The first-order valence-corrected chi connectivity index (χ1v) is 10.1. The normalized spacial score (nSPS) is 11.3. The average molecular weight is 426 g/mol. The fourth-order valence-electron chi connectivity index (χ4n) is 2.23. The number of nitrogens with zero attached hydrogens (tertiary/aromatic N) is 1. The van der Waals surface area contributed by atoms with Crippen LogP contribution in [0.5, 0.6) is 5.75 Å². The summed E-state index contributed by atoms with van der Waals surface area (Å²) < 4.78 is 35.8. The molecule has 0 atom stereocenters. The van der Waals surface area contributed by atoms with Crippen molar-refractivity contribution in [3.63, 3.8) is 0 Å². The van der Waals surface area contributed by atoms with Crippen molar-refractivity contribution in [1.29, 1.82) is 0 Å². The summed E-state index contributed by atoms with van der Waals surface area (Å²) in [7, 11) is -1.000. The Kier molecular flexibility index (Phi) is 7.17. The molecule has 0 aliphatic carbocycles. The number of benzene rings is 2. The highest BCUT2D eigenvalue weighted by atomic mass is 35.5. The number of ether oxygens (including phenoxy) is 2. The first-order chi connectivity index (χ1) is 13.2. The lowest BCUT2D eigenvalue weighted by Gasteiger charge is -2.13. The standard InChI is InChI=1S/C19H20ClNO6S/c1-4-26-14-7-5-13(6-8-14)18(22)12-27-19(23)16-11-15(9-10-17(16)20)28(24,25)21(2)3/h5-11H,4,12H2,1-3H3. The number of rotatable bonds is 8. The second-order valence-corrected chi connectivity index (χ2v) is 8.44. The SMILES string of the molecule is CCOc1ccc(C(=O)COC(=O)c2cc(S(=O)(=O)N(C)C)ccc2Cl)cc1. The first kappa shape index (κ1) is 21.9. The molecule has 0 aromatic heterocycles. The summed E-state index contributed by atoms with van der Waals surface area (Å²) in [6, 6.07) is 10.1. The zero-order valence-electron chi connectivity index (χ0n) is 15.6. The van der Waals surface area contributed by atoms with Crippen molar-refractivity contribution in [2.75, 3.05) is 27.3 Å². The van der Waals surface area contributed by atoms with E-state index < -0.39 is 28.4 Å². The number of hydrogen-bond donors (Lipinski definition) is 0. The lowest BCUT2D eigenvalue weighted by molar-refractivity contribution is 0.0474. The van der Waals surface area contributed by atoms with Gasteiger partial charge in [0.05, 0.1) is 22.1 Å². The summed E-state index contributed by atoms with van der Waals surface area (Å²) in [4.78, 5) is 24.4. The van der Waals surface area contributed by atoms with Crippen molar-refractivity contribution < 1.29 is 27.5 Å². The fraction of sp³-hybridized carbons (Fsp3) is 0.263. The predicted molar refractivity (Wildman–Crippen MR) is 105 cm³/mol. The first-order valence-electron chi connectivity index (χ1n) is 8.32. The molecule has 2 rings (SSSR count). The summed E-state index contributed by atoms with van der Waals surface area (Å²) in [6.07, 6.45) is 0. The number of carbonyl (C=O) groups is 2. The van der Waals surface area contributed by atoms with Crippen LogP contribution in [-0.2, 0) is 14.8 Å². The molecule has 0 saturated heterocycles. The van der Waals surface area contributed by atoms with Crippen molar-refractivity contribution >= 4 is 33.4 Å². The third kappa shape index (κ3) is 5.09. The van der Waals surface area contributed by atoms with Gasteiger partial charge < -0.3 is 9.47 Å². The van der Waals surface area contributed by atoms with Crippen LogP contribution in [0.25, 0.3) is 0 Å². The molecule has 150 valence electrons. The van der Waals surface area contributed by atoms with Gasteiger partial charge in [-0.15, -0.1) is 0 Å². The van der Waals surface area contributed by atoms with Gasteiger partial charge in [-0.1, -0.05) is 11.6 Å². The largest absolute Gasteiger partial charge is 0.494 e. The number of ketones is 1. The maximum Gasteiger partial charge on any atom is 0.340 e. The van der Waals surface area contributed by atoms with E-state index in [4.69, 9.17) is 21.1 Å². The van der Waals surface area contributed by atoms with Crippen LogP contribution in [0, 0.1) is 0 Å². The van der Waals surface area contributed by atoms with Gasteiger partial charge >= 0.3 is 5.97 Å². The molecule has 0 saturated carbocycles. The van der Waals surface area contributed by atoms with E-state index in [1.807, 2.05) is 6.92 Å². The molecule has 0 heterocycles. The monoisotopic (exact) mass is 425 g/mol. The minimum atomic E-state index is -3.74. The molecular formula is C19H20ClNO6S. The van der Waals surface area contributed by atoms with E-state index in [-0.39, 0.29) is 15.5 Å².